The van der Waals surface area contributed by atoms with Gasteiger partial charge in [0.2, 0.25) is 11.7 Å². The third-order valence-corrected chi connectivity index (χ3v) is 4.50. The van der Waals surface area contributed by atoms with Crippen molar-refractivity contribution in [3.05, 3.63) is 65.0 Å². The standard InChI is InChI=1S/C20H19N5O3/c1-12-23-18(25-28-12)15-4-2-3-5-17(15)24-20(27)22-11-13-6-7-14-8-9-21-19(26)16(14)10-13/h2-7,10H,8-9,11H2,1H3,(H,21,26)(H2,22,24,27). The Morgan fingerprint density at radius 3 is 2.89 bits per heavy atom. The zero-order valence-electron chi connectivity index (χ0n) is 15.3. The highest BCUT2D eigenvalue weighted by Gasteiger charge is 2.17. The molecule has 8 nitrogen and oxygen atoms in total. The SMILES string of the molecule is Cc1nc(-c2ccccc2NC(=O)NCc2ccc3c(c2)C(=O)NCC3)no1. The second kappa shape index (κ2) is 7.51. The third kappa shape index (κ3) is 3.71. The van der Waals surface area contributed by atoms with Gasteiger partial charge in [0.1, 0.15) is 0 Å². The molecule has 2 aromatic carbocycles. The first kappa shape index (κ1) is 17.7. The summed E-state index contributed by atoms with van der Waals surface area (Å²) >= 11 is 0. The van der Waals surface area contributed by atoms with E-state index in [0.717, 1.165) is 17.5 Å². The minimum Gasteiger partial charge on any atom is -0.352 e. The Balaban J connectivity index is 1.43. The van der Waals surface area contributed by atoms with Gasteiger partial charge in [-0.05, 0) is 35.7 Å². The third-order valence-electron chi connectivity index (χ3n) is 4.50. The van der Waals surface area contributed by atoms with Crippen LogP contribution in [0.25, 0.3) is 11.4 Å². The van der Waals surface area contributed by atoms with Gasteiger partial charge in [0.05, 0.1) is 5.69 Å². The largest absolute Gasteiger partial charge is 0.352 e. The molecule has 0 unspecified atom stereocenters. The fourth-order valence-electron chi connectivity index (χ4n) is 3.11. The van der Waals surface area contributed by atoms with Gasteiger partial charge in [-0.15, -0.1) is 0 Å². The lowest BCUT2D eigenvalue weighted by Gasteiger charge is -2.17. The number of fused-ring (bicyclic) bond motifs is 1. The molecule has 4 rings (SSSR count). The van der Waals surface area contributed by atoms with E-state index in [2.05, 4.69) is 26.1 Å². The Kier molecular flexibility index (Phi) is 4.76. The van der Waals surface area contributed by atoms with Crippen LogP contribution in [0.5, 0.6) is 0 Å². The molecule has 0 atom stereocenters. The van der Waals surface area contributed by atoms with Crippen LogP contribution in [-0.2, 0) is 13.0 Å². The predicted octanol–water partition coefficient (Wildman–Crippen LogP) is 2.65. The molecule has 0 saturated carbocycles. The topological polar surface area (TPSA) is 109 Å². The Hall–Kier alpha value is -3.68. The van der Waals surface area contributed by atoms with Crippen LogP contribution in [0.15, 0.2) is 47.0 Å². The average Bonchev–Trinajstić information content (AvgIpc) is 3.13. The molecule has 8 heteroatoms. The molecule has 0 aliphatic carbocycles. The highest BCUT2D eigenvalue weighted by molar-refractivity contribution is 5.97. The van der Waals surface area contributed by atoms with E-state index < -0.39 is 0 Å². The van der Waals surface area contributed by atoms with E-state index in [9.17, 15) is 9.59 Å². The second-order valence-corrected chi connectivity index (χ2v) is 6.49. The smallest absolute Gasteiger partial charge is 0.319 e. The molecule has 3 N–H and O–H groups in total. The van der Waals surface area contributed by atoms with Gasteiger partial charge in [0.25, 0.3) is 5.91 Å². The highest BCUT2D eigenvalue weighted by atomic mass is 16.5. The van der Waals surface area contributed by atoms with Gasteiger partial charge >= 0.3 is 6.03 Å². The molecule has 0 bridgehead atoms. The van der Waals surface area contributed by atoms with Crippen molar-refractivity contribution in [2.24, 2.45) is 0 Å². The lowest BCUT2D eigenvalue weighted by Crippen LogP contribution is -2.32. The summed E-state index contributed by atoms with van der Waals surface area (Å²) in [5.74, 6) is 0.789. The van der Waals surface area contributed by atoms with Crippen LogP contribution in [0.3, 0.4) is 0 Å². The molecule has 0 spiro atoms. The van der Waals surface area contributed by atoms with Crippen molar-refractivity contribution >= 4 is 17.6 Å². The monoisotopic (exact) mass is 377 g/mol. The van der Waals surface area contributed by atoms with Crippen molar-refractivity contribution in [1.29, 1.82) is 0 Å². The zero-order chi connectivity index (χ0) is 19.5. The van der Waals surface area contributed by atoms with Crippen molar-refractivity contribution < 1.29 is 14.1 Å². The molecule has 2 heterocycles. The summed E-state index contributed by atoms with van der Waals surface area (Å²) < 4.78 is 5.02. The Bertz CT molecular complexity index is 1040. The van der Waals surface area contributed by atoms with Gasteiger partial charge in [-0.2, -0.15) is 4.98 Å². The number of carbonyl (C=O) groups is 2. The normalized spacial score (nSPS) is 12.8. The fraction of sp³-hybridized carbons (Fsp3) is 0.200. The van der Waals surface area contributed by atoms with Gasteiger partial charge in [-0.25, -0.2) is 4.79 Å². The molecule has 142 valence electrons. The van der Waals surface area contributed by atoms with Crippen LogP contribution in [0.2, 0.25) is 0 Å². The average molecular weight is 377 g/mol. The van der Waals surface area contributed by atoms with Gasteiger partial charge < -0.3 is 20.5 Å². The van der Waals surface area contributed by atoms with Crippen LogP contribution in [0.1, 0.15) is 27.4 Å². The number of nitrogens with one attached hydrogen (secondary N) is 3. The molecule has 1 aliphatic heterocycles. The van der Waals surface area contributed by atoms with Crippen molar-refractivity contribution in [1.82, 2.24) is 20.8 Å². The van der Waals surface area contributed by atoms with Crippen LogP contribution in [0.4, 0.5) is 10.5 Å². The molecule has 28 heavy (non-hydrogen) atoms. The summed E-state index contributed by atoms with van der Waals surface area (Å²) in [6, 6.07) is 12.5. The first-order valence-corrected chi connectivity index (χ1v) is 8.95. The number of hydrogen-bond acceptors (Lipinski definition) is 5. The second-order valence-electron chi connectivity index (χ2n) is 6.49. The zero-order valence-corrected chi connectivity index (χ0v) is 15.3. The number of benzene rings is 2. The first-order chi connectivity index (χ1) is 13.6. The Morgan fingerprint density at radius 1 is 1.21 bits per heavy atom. The van der Waals surface area contributed by atoms with E-state index in [1.54, 1.807) is 13.0 Å². The van der Waals surface area contributed by atoms with Crippen molar-refractivity contribution in [2.45, 2.75) is 19.9 Å². The van der Waals surface area contributed by atoms with Gasteiger partial charge in [-0.1, -0.05) is 29.4 Å². The minimum absolute atomic E-state index is 0.0723. The molecule has 0 fully saturated rings. The summed E-state index contributed by atoms with van der Waals surface area (Å²) in [7, 11) is 0. The summed E-state index contributed by atoms with van der Waals surface area (Å²) in [5, 5.41) is 12.3. The summed E-state index contributed by atoms with van der Waals surface area (Å²) in [4.78, 5) is 28.5. The van der Waals surface area contributed by atoms with E-state index in [-0.39, 0.29) is 11.9 Å². The molecule has 3 amide bonds. The van der Waals surface area contributed by atoms with Gasteiger partial charge in [-0.3, -0.25) is 4.79 Å². The van der Waals surface area contributed by atoms with E-state index in [0.29, 0.717) is 41.6 Å². The summed E-state index contributed by atoms with van der Waals surface area (Å²) in [5.41, 5.74) is 3.80. The first-order valence-electron chi connectivity index (χ1n) is 8.95. The van der Waals surface area contributed by atoms with E-state index >= 15 is 0 Å². The molecular formula is C20H19N5O3. The lowest BCUT2D eigenvalue weighted by atomic mass is 9.98. The van der Waals surface area contributed by atoms with Crippen molar-refractivity contribution in [2.75, 3.05) is 11.9 Å². The molecule has 3 aromatic rings. The van der Waals surface area contributed by atoms with E-state index in [4.69, 9.17) is 4.52 Å². The molecular weight excluding hydrogens is 358 g/mol. The number of nitrogens with zero attached hydrogens (tertiary/aromatic N) is 2. The van der Waals surface area contributed by atoms with Gasteiger partial charge in [0, 0.05) is 31.1 Å². The number of amides is 3. The number of hydrogen-bond donors (Lipinski definition) is 3. The number of para-hydroxylation sites is 1. The number of rotatable bonds is 4. The van der Waals surface area contributed by atoms with E-state index in [1.165, 1.54) is 0 Å². The molecule has 1 aromatic heterocycles. The van der Waals surface area contributed by atoms with Crippen molar-refractivity contribution in [3.63, 3.8) is 0 Å². The fourth-order valence-corrected chi connectivity index (χ4v) is 3.11. The van der Waals surface area contributed by atoms with E-state index in [1.807, 2.05) is 36.4 Å². The number of anilines is 1. The molecule has 0 saturated heterocycles. The maximum atomic E-state index is 12.4. The highest BCUT2D eigenvalue weighted by Crippen LogP contribution is 2.25. The Morgan fingerprint density at radius 2 is 2.07 bits per heavy atom. The maximum absolute atomic E-state index is 12.4. The summed E-state index contributed by atoms with van der Waals surface area (Å²) in [6.07, 6.45) is 0.821. The van der Waals surface area contributed by atoms with Crippen LogP contribution in [-0.4, -0.2) is 28.6 Å². The summed E-state index contributed by atoms with van der Waals surface area (Å²) in [6.45, 7) is 2.67. The van der Waals surface area contributed by atoms with Crippen LogP contribution < -0.4 is 16.0 Å². The van der Waals surface area contributed by atoms with Crippen LogP contribution in [0, 0.1) is 6.92 Å². The maximum Gasteiger partial charge on any atom is 0.319 e. The lowest BCUT2D eigenvalue weighted by molar-refractivity contribution is 0.0946. The molecule has 1 aliphatic rings. The number of carbonyl (C=O) groups excluding carboxylic acids is 2. The van der Waals surface area contributed by atoms with Crippen molar-refractivity contribution in [3.8, 4) is 11.4 Å². The minimum atomic E-state index is -0.366. The quantitative estimate of drug-likeness (QED) is 0.648. The molecule has 0 radical (unpaired) electrons. The number of urea groups is 1. The van der Waals surface area contributed by atoms with Gasteiger partial charge in [0.15, 0.2) is 0 Å². The number of aryl methyl sites for hydroxylation is 1. The predicted molar refractivity (Wildman–Crippen MR) is 103 cm³/mol. The number of aromatic nitrogens is 2. The van der Waals surface area contributed by atoms with Crippen LogP contribution >= 0.6 is 0 Å². The Labute approximate surface area is 161 Å².